The number of carbonyl (C=O) groups excluding carboxylic acids is 1. The van der Waals surface area contributed by atoms with Crippen molar-refractivity contribution >= 4 is 17.2 Å². The van der Waals surface area contributed by atoms with E-state index < -0.39 is 0 Å². The van der Waals surface area contributed by atoms with Crippen LogP contribution in [0.3, 0.4) is 0 Å². The summed E-state index contributed by atoms with van der Waals surface area (Å²) in [6.07, 6.45) is 1.24. The van der Waals surface area contributed by atoms with Crippen molar-refractivity contribution in [3.8, 4) is 11.8 Å². The van der Waals surface area contributed by atoms with E-state index in [0.29, 0.717) is 12.2 Å². The molecule has 0 aliphatic rings. The van der Waals surface area contributed by atoms with Crippen LogP contribution in [0.25, 0.3) is 0 Å². The molecule has 0 radical (unpaired) electrons. The van der Waals surface area contributed by atoms with Crippen LogP contribution < -0.4 is 5.32 Å². The fraction of sp³-hybridized carbons (Fsp3) is 0.231. The maximum atomic E-state index is 11.8. The van der Waals surface area contributed by atoms with Crippen molar-refractivity contribution in [1.82, 2.24) is 10.3 Å². The molecule has 6 heteroatoms. The largest absolute Gasteiger partial charge is 0.438 e. The number of rotatable bonds is 3. The highest BCUT2D eigenvalue weighted by Gasteiger charge is 2.14. The maximum absolute atomic E-state index is 11.8. The lowest BCUT2D eigenvalue weighted by atomic mass is 10.2. The molecule has 5 nitrogen and oxygen atoms in total. The average molecular weight is 276 g/mol. The second kappa shape index (κ2) is 6.18. The summed E-state index contributed by atoms with van der Waals surface area (Å²) in [5.74, 6) is 5.34. The summed E-state index contributed by atoms with van der Waals surface area (Å²) < 4.78 is 5.01. The van der Waals surface area contributed by atoms with Crippen LogP contribution in [-0.2, 0) is 6.54 Å². The minimum Gasteiger partial charge on any atom is -0.438 e. The van der Waals surface area contributed by atoms with Gasteiger partial charge in [-0.2, -0.15) is 0 Å². The van der Waals surface area contributed by atoms with E-state index in [1.807, 2.05) is 11.4 Å². The monoisotopic (exact) mass is 276 g/mol. The van der Waals surface area contributed by atoms with Gasteiger partial charge < -0.3 is 14.8 Å². The normalized spacial score (nSPS) is 9.79. The van der Waals surface area contributed by atoms with Gasteiger partial charge in [0.15, 0.2) is 6.39 Å². The Labute approximate surface area is 114 Å². The van der Waals surface area contributed by atoms with Gasteiger partial charge >= 0.3 is 0 Å². The highest BCUT2D eigenvalue weighted by atomic mass is 32.1. The lowest BCUT2D eigenvalue weighted by Crippen LogP contribution is -2.22. The first-order valence-electron chi connectivity index (χ1n) is 5.56. The van der Waals surface area contributed by atoms with Gasteiger partial charge in [-0.05, 0) is 18.4 Å². The summed E-state index contributed by atoms with van der Waals surface area (Å²) in [5, 5.41) is 13.3. The Hall–Kier alpha value is -2.10. The maximum Gasteiger partial charge on any atom is 0.289 e. The van der Waals surface area contributed by atoms with Crippen molar-refractivity contribution in [3.05, 3.63) is 39.7 Å². The molecule has 2 heterocycles. The molecule has 0 saturated carbocycles. The van der Waals surface area contributed by atoms with Crippen molar-refractivity contribution in [2.45, 2.75) is 13.5 Å². The molecule has 0 saturated heterocycles. The Morgan fingerprint density at radius 2 is 2.47 bits per heavy atom. The molecule has 98 valence electrons. The zero-order chi connectivity index (χ0) is 13.7. The molecule has 0 fully saturated rings. The third-order valence-corrected chi connectivity index (χ3v) is 3.33. The number of aliphatic hydroxyl groups is 1. The number of aromatic nitrogens is 1. The van der Waals surface area contributed by atoms with Crippen molar-refractivity contribution in [3.63, 3.8) is 0 Å². The van der Waals surface area contributed by atoms with Crippen molar-refractivity contribution in [2.75, 3.05) is 6.61 Å². The van der Waals surface area contributed by atoms with Gasteiger partial charge in [-0.15, -0.1) is 11.3 Å². The summed E-state index contributed by atoms with van der Waals surface area (Å²) in [7, 11) is 0. The molecule has 1 amide bonds. The summed E-state index contributed by atoms with van der Waals surface area (Å²) >= 11 is 1.50. The van der Waals surface area contributed by atoms with Crippen LogP contribution in [0.2, 0.25) is 0 Å². The molecule has 0 aliphatic heterocycles. The van der Waals surface area contributed by atoms with Gasteiger partial charge in [0.25, 0.3) is 5.91 Å². The average Bonchev–Trinajstić information content (AvgIpc) is 3.02. The first kappa shape index (κ1) is 13.3. The van der Waals surface area contributed by atoms with Crippen LogP contribution in [0.4, 0.5) is 0 Å². The molecule has 0 unspecified atom stereocenters. The topological polar surface area (TPSA) is 75.4 Å². The van der Waals surface area contributed by atoms with E-state index in [2.05, 4.69) is 22.1 Å². The summed E-state index contributed by atoms with van der Waals surface area (Å²) in [5.41, 5.74) is 1.37. The molecular formula is C13H12N2O3S. The molecule has 0 spiro atoms. The molecule has 2 N–H and O–H groups in total. The minimum absolute atomic E-state index is 0.182. The third-order valence-electron chi connectivity index (χ3n) is 2.41. The van der Waals surface area contributed by atoms with E-state index in [1.165, 1.54) is 17.7 Å². The van der Waals surface area contributed by atoms with E-state index in [0.717, 1.165) is 10.4 Å². The van der Waals surface area contributed by atoms with E-state index in [9.17, 15) is 4.79 Å². The highest BCUT2D eigenvalue weighted by Crippen LogP contribution is 2.15. The fourth-order valence-electron chi connectivity index (χ4n) is 1.48. The Morgan fingerprint density at radius 1 is 1.63 bits per heavy atom. The van der Waals surface area contributed by atoms with Gasteiger partial charge in [0, 0.05) is 10.4 Å². The summed E-state index contributed by atoms with van der Waals surface area (Å²) in [4.78, 5) is 16.6. The predicted molar refractivity (Wildman–Crippen MR) is 70.7 cm³/mol. The number of aryl methyl sites for hydroxylation is 1. The number of nitrogens with zero attached hydrogens (tertiary/aromatic N) is 1. The van der Waals surface area contributed by atoms with Crippen LogP contribution in [0.5, 0.6) is 0 Å². The van der Waals surface area contributed by atoms with Crippen LogP contribution in [0.1, 0.15) is 26.7 Å². The third kappa shape index (κ3) is 3.22. The van der Waals surface area contributed by atoms with E-state index in [-0.39, 0.29) is 18.3 Å². The number of aliphatic hydroxyl groups excluding tert-OH is 1. The van der Waals surface area contributed by atoms with Gasteiger partial charge in [-0.1, -0.05) is 11.8 Å². The number of nitrogens with one attached hydrogen (secondary N) is 1. The second-order valence-corrected chi connectivity index (χ2v) is 4.67. The lowest BCUT2D eigenvalue weighted by Gasteiger charge is -2.02. The molecule has 0 atom stereocenters. The molecule has 0 bridgehead atoms. The van der Waals surface area contributed by atoms with Crippen molar-refractivity contribution in [2.24, 2.45) is 0 Å². The van der Waals surface area contributed by atoms with E-state index >= 15 is 0 Å². The SMILES string of the molecule is Cc1ncoc1C(=O)NCc1sccc1C#CCO. The quantitative estimate of drug-likeness (QED) is 0.829. The number of hydrogen-bond acceptors (Lipinski definition) is 5. The van der Waals surface area contributed by atoms with Crippen LogP contribution in [0, 0.1) is 18.8 Å². The molecule has 2 aromatic rings. The molecule has 19 heavy (non-hydrogen) atoms. The molecular weight excluding hydrogens is 264 g/mol. The van der Waals surface area contributed by atoms with E-state index in [1.54, 1.807) is 6.92 Å². The lowest BCUT2D eigenvalue weighted by molar-refractivity contribution is 0.0922. The molecule has 2 aromatic heterocycles. The highest BCUT2D eigenvalue weighted by molar-refractivity contribution is 7.10. The van der Waals surface area contributed by atoms with Gasteiger partial charge in [0.2, 0.25) is 5.76 Å². The van der Waals surface area contributed by atoms with Gasteiger partial charge in [-0.25, -0.2) is 4.98 Å². The minimum atomic E-state index is -0.301. The van der Waals surface area contributed by atoms with Gasteiger partial charge in [0.05, 0.1) is 12.2 Å². The smallest absolute Gasteiger partial charge is 0.289 e. The standard InChI is InChI=1S/C13H12N2O3S/c1-9-12(18-8-15-9)13(17)14-7-11-10(3-2-5-16)4-6-19-11/h4,6,8,16H,5,7H2,1H3,(H,14,17). The van der Waals surface area contributed by atoms with Crippen LogP contribution in [0.15, 0.2) is 22.3 Å². The summed E-state index contributed by atoms with van der Waals surface area (Å²) in [6, 6.07) is 1.86. The number of hydrogen-bond donors (Lipinski definition) is 2. The molecule has 0 aliphatic carbocycles. The first-order valence-corrected chi connectivity index (χ1v) is 6.44. The van der Waals surface area contributed by atoms with Crippen LogP contribution in [-0.4, -0.2) is 22.6 Å². The number of oxazole rings is 1. The second-order valence-electron chi connectivity index (χ2n) is 3.67. The molecule has 2 rings (SSSR count). The number of thiophene rings is 1. The predicted octanol–water partition coefficient (Wildman–Crippen LogP) is 1.32. The Bertz CT molecular complexity index is 634. The summed E-state index contributed by atoms with van der Waals surface area (Å²) in [6.45, 7) is 1.90. The Kier molecular flexibility index (Phi) is 4.34. The van der Waals surface area contributed by atoms with Crippen molar-refractivity contribution < 1.29 is 14.3 Å². The first-order chi connectivity index (χ1) is 9.22. The van der Waals surface area contributed by atoms with Gasteiger partial charge in [-0.3, -0.25) is 4.79 Å². The Morgan fingerprint density at radius 3 is 3.16 bits per heavy atom. The zero-order valence-electron chi connectivity index (χ0n) is 10.3. The molecule has 0 aromatic carbocycles. The van der Waals surface area contributed by atoms with Crippen molar-refractivity contribution in [1.29, 1.82) is 0 Å². The van der Waals surface area contributed by atoms with E-state index in [4.69, 9.17) is 9.52 Å². The number of carbonyl (C=O) groups is 1. The Balaban J connectivity index is 2.02. The fourth-order valence-corrected chi connectivity index (χ4v) is 2.25. The van der Waals surface area contributed by atoms with Gasteiger partial charge in [0.1, 0.15) is 6.61 Å². The zero-order valence-corrected chi connectivity index (χ0v) is 11.1. The number of amides is 1. The van der Waals surface area contributed by atoms with Crippen LogP contribution >= 0.6 is 11.3 Å².